The Bertz CT molecular complexity index is 2480. The molecular formula is C55H76N4O5. The molecule has 9 nitrogen and oxygen atoms in total. The van der Waals surface area contributed by atoms with Gasteiger partial charge in [-0.25, -0.2) is 4.79 Å². The van der Waals surface area contributed by atoms with Crippen molar-refractivity contribution in [3.05, 3.63) is 102 Å². The van der Waals surface area contributed by atoms with Crippen LogP contribution in [0.5, 0.6) is 0 Å². The summed E-state index contributed by atoms with van der Waals surface area (Å²) in [7, 11) is 1.33. The SMILES string of the molecule is C=Cc1c2[nH]c(c1C)/C=C1\N/C(=C3/C(C(=O)OC)=C(O)c4c3[nH]c(c4C)/C=c3\[nH]/c(c(C)c3CC)=C\2)[C@@H](CCC(=O)OC/C=C(\C)CCC[C@H](C)CCC[C@H](C)CCCC(C)C)[C@@H]1C. The van der Waals surface area contributed by atoms with Gasteiger partial charge in [0, 0.05) is 74.1 Å². The number of allylic oxidation sites excluding steroid dienone is 3. The van der Waals surface area contributed by atoms with Crippen molar-refractivity contribution in [2.75, 3.05) is 13.7 Å². The molecule has 0 spiro atoms. The first-order valence-corrected chi connectivity index (χ1v) is 24.1. The van der Waals surface area contributed by atoms with Gasteiger partial charge in [0.15, 0.2) is 0 Å². The molecule has 0 radical (unpaired) electrons. The third-order valence-electron chi connectivity index (χ3n) is 14.4. The minimum Gasteiger partial charge on any atom is -0.506 e. The number of rotatable bonds is 20. The van der Waals surface area contributed by atoms with Gasteiger partial charge in [0.05, 0.1) is 12.8 Å². The Labute approximate surface area is 382 Å². The monoisotopic (exact) mass is 873 g/mol. The molecule has 5 heterocycles. The van der Waals surface area contributed by atoms with Crippen molar-refractivity contribution in [3.8, 4) is 0 Å². The first-order valence-electron chi connectivity index (χ1n) is 24.1. The van der Waals surface area contributed by atoms with Gasteiger partial charge in [-0.1, -0.05) is 105 Å². The van der Waals surface area contributed by atoms with Crippen molar-refractivity contribution in [1.82, 2.24) is 20.3 Å². The second kappa shape index (κ2) is 21.2. The van der Waals surface area contributed by atoms with E-state index in [2.05, 4.69) is 107 Å². The van der Waals surface area contributed by atoms with Gasteiger partial charge >= 0.3 is 11.9 Å². The number of fused-ring (bicyclic) bond motifs is 7. The minimum absolute atomic E-state index is 0.0805. The smallest absolute Gasteiger partial charge is 0.342 e. The van der Waals surface area contributed by atoms with Crippen molar-refractivity contribution in [2.24, 2.45) is 29.6 Å². The number of carbonyl (C=O) groups excluding carboxylic acids is 2. The molecule has 3 aliphatic rings. The molecular weight excluding hydrogens is 797 g/mol. The fraction of sp³-hybridized carbons (Fsp3) is 0.527. The number of aliphatic hydroxyl groups excluding tert-OH is 1. The predicted octanol–water partition coefficient (Wildman–Crippen LogP) is 11.5. The summed E-state index contributed by atoms with van der Waals surface area (Å²) in [5.41, 5.74) is 12.8. The summed E-state index contributed by atoms with van der Waals surface area (Å²) in [5.74, 6) is 1.04. The van der Waals surface area contributed by atoms with E-state index in [4.69, 9.17) is 9.47 Å². The van der Waals surface area contributed by atoms with E-state index in [-0.39, 0.29) is 42.2 Å². The van der Waals surface area contributed by atoms with Crippen molar-refractivity contribution >= 4 is 47.6 Å². The lowest BCUT2D eigenvalue weighted by atomic mass is 9.86. The van der Waals surface area contributed by atoms with Crippen LogP contribution < -0.4 is 16.0 Å². The lowest BCUT2D eigenvalue weighted by Gasteiger charge is -2.18. The largest absolute Gasteiger partial charge is 0.506 e. The molecule has 3 aromatic heterocycles. The van der Waals surface area contributed by atoms with Crippen LogP contribution >= 0.6 is 0 Å². The molecule has 346 valence electrons. The zero-order chi connectivity index (χ0) is 46.4. The van der Waals surface area contributed by atoms with Crippen LogP contribution in [-0.4, -0.2) is 45.7 Å². The van der Waals surface area contributed by atoms with E-state index in [0.717, 1.165) is 98.4 Å². The average Bonchev–Trinajstić information content (AvgIpc) is 3.99. The third kappa shape index (κ3) is 10.5. The highest BCUT2D eigenvalue weighted by Gasteiger charge is 2.43. The number of hydrogen-bond donors (Lipinski definition) is 5. The lowest BCUT2D eigenvalue weighted by molar-refractivity contribution is -0.142. The molecule has 3 aromatic rings. The van der Waals surface area contributed by atoms with E-state index in [1.54, 1.807) is 0 Å². The summed E-state index contributed by atoms with van der Waals surface area (Å²) in [6, 6.07) is 0. The maximum Gasteiger partial charge on any atom is 0.342 e. The van der Waals surface area contributed by atoms with E-state index in [1.807, 2.05) is 19.1 Å². The van der Waals surface area contributed by atoms with Gasteiger partial charge in [0.1, 0.15) is 17.9 Å². The Balaban J connectivity index is 1.22. The Kier molecular flexibility index (Phi) is 16.0. The Morgan fingerprint density at radius 3 is 2.16 bits per heavy atom. The maximum absolute atomic E-state index is 13.6. The highest BCUT2D eigenvalue weighted by atomic mass is 16.5. The number of aromatic amines is 3. The number of aromatic nitrogens is 3. The standard InChI is InChI=1S/C55H76N4O5/c1-13-39-35(8)42-28-44-37(10)41(24-25-48(60)64-27-26-34(7)23-17-22-33(6)21-16-20-32(5)19-15-18-31(3)4)52(58-44)50-51(55(62)63-12)54(61)49-38(11)45(59-53(49)50)30-47-40(14-2)36(9)43(57-47)29-46(39)56-42/h13,26,28-33,37,41,56-59,61H,1,14-25,27H2,2-12H3/b34-26+,43-29-,44-28-,47-30-,52-50-/t32-,33-,37+,41+/m1/s1. The number of aliphatic hydroxyl groups is 1. The summed E-state index contributed by atoms with van der Waals surface area (Å²) in [6.07, 6.45) is 23.1. The Morgan fingerprint density at radius 2 is 1.50 bits per heavy atom. The van der Waals surface area contributed by atoms with Crippen LogP contribution in [0.3, 0.4) is 0 Å². The Morgan fingerprint density at radius 1 is 0.844 bits per heavy atom. The van der Waals surface area contributed by atoms with Crippen LogP contribution in [0.2, 0.25) is 0 Å². The van der Waals surface area contributed by atoms with Crippen molar-refractivity contribution in [3.63, 3.8) is 0 Å². The fourth-order valence-corrected chi connectivity index (χ4v) is 10.3. The normalized spacial score (nSPS) is 20.9. The summed E-state index contributed by atoms with van der Waals surface area (Å²) < 4.78 is 11.1. The molecule has 0 saturated carbocycles. The van der Waals surface area contributed by atoms with Crippen molar-refractivity contribution in [1.29, 1.82) is 0 Å². The van der Waals surface area contributed by atoms with Gasteiger partial charge in [0.25, 0.3) is 0 Å². The van der Waals surface area contributed by atoms with Crippen LogP contribution in [-0.2, 0) is 25.5 Å². The summed E-state index contributed by atoms with van der Waals surface area (Å²) >= 11 is 0. The van der Waals surface area contributed by atoms with E-state index in [0.29, 0.717) is 23.3 Å². The first-order chi connectivity index (χ1) is 30.6. The van der Waals surface area contributed by atoms with Crippen LogP contribution in [0.4, 0.5) is 0 Å². The van der Waals surface area contributed by atoms with Gasteiger partial charge in [-0.15, -0.1) is 0 Å². The van der Waals surface area contributed by atoms with Gasteiger partial charge in [-0.05, 0) is 118 Å². The maximum atomic E-state index is 13.6. The van der Waals surface area contributed by atoms with Gasteiger partial charge in [-0.3, -0.25) is 4.79 Å². The summed E-state index contributed by atoms with van der Waals surface area (Å²) in [4.78, 5) is 38.0. The molecule has 0 amide bonds. The fourth-order valence-electron chi connectivity index (χ4n) is 10.3. The number of carbonyl (C=O) groups is 2. The highest BCUT2D eigenvalue weighted by molar-refractivity contribution is 6.17. The topological polar surface area (TPSA) is 132 Å². The van der Waals surface area contributed by atoms with E-state index < -0.39 is 5.97 Å². The number of ether oxygens (including phenoxy) is 2. The van der Waals surface area contributed by atoms with Gasteiger partial charge < -0.3 is 34.8 Å². The molecule has 8 bridgehead atoms. The second-order valence-electron chi connectivity index (χ2n) is 19.6. The molecule has 64 heavy (non-hydrogen) atoms. The summed E-state index contributed by atoms with van der Waals surface area (Å²) in [6.45, 7) is 26.5. The summed E-state index contributed by atoms with van der Waals surface area (Å²) in [5, 5.41) is 17.6. The zero-order valence-corrected chi connectivity index (χ0v) is 40.8. The quantitative estimate of drug-likeness (QED) is 0.0567. The third-order valence-corrected chi connectivity index (χ3v) is 14.4. The highest BCUT2D eigenvalue weighted by Crippen LogP contribution is 2.49. The van der Waals surface area contributed by atoms with E-state index in [1.165, 1.54) is 63.2 Å². The number of esters is 2. The first kappa shape index (κ1) is 48.3. The molecule has 1 fully saturated rings. The zero-order valence-electron chi connectivity index (χ0n) is 40.8. The molecule has 1 saturated heterocycles. The molecule has 0 aromatic carbocycles. The van der Waals surface area contributed by atoms with Crippen LogP contribution in [0.15, 0.2) is 35.2 Å². The number of nitrogens with one attached hydrogen (secondary N) is 4. The minimum atomic E-state index is -0.628. The number of H-pyrrole nitrogens is 3. The number of methoxy groups -OCH3 is 1. The average molecular weight is 873 g/mol. The molecule has 2 aliphatic heterocycles. The lowest BCUT2D eigenvalue weighted by Crippen LogP contribution is -2.16. The van der Waals surface area contributed by atoms with Gasteiger partial charge in [0.2, 0.25) is 0 Å². The Hall–Kier alpha value is -5.18. The molecule has 0 unspecified atom stereocenters. The van der Waals surface area contributed by atoms with E-state index in [9.17, 15) is 14.7 Å². The van der Waals surface area contributed by atoms with E-state index >= 15 is 0 Å². The van der Waals surface area contributed by atoms with Crippen molar-refractivity contribution < 1.29 is 24.2 Å². The van der Waals surface area contributed by atoms with Crippen molar-refractivity contribution in [2.45, 2.75) is 146 Å². The molecule has 5 N–H and O–H groups in total. The second-order valence-corrected chi connectivity index (χ2v) is 19.6. The molecule has 1 aliphatic carbocycles. The molecule has 4 atom stereocenters. The van der Waals surface area contributed by atoms with Gasteiger partial charge in [-0.2, -0.15) is 0 Å². The van der Waals surface area contributed by atoms with Crippen LogP contribution in [0.25, 0.3) is 35.6 Å². The van der Waals surface area contributed by atoms with Crippen LogP contribution in [0, 0.1) is 50.4 Å². The number of hydrogen-bond acceptors (Lipinski definition) is 6. The van der Waals surface area contributed by atoms with Crippen LogP contribution in [0.1, 0.15) is 175 Å². The molecule has 6 rings (SSSR count). The predicted molar refractivity (Wildman–Crippen MR) is 263 cm³/mol. The molecule has 9 heteroatoms.